The van der Waals surface area contributed by atoms with E-state index in [1.165, 1.54) is 11.0 Å². The standard InChI is InChI=1S/C22H25N3O3S/c1-14-4-3-5-18(24-19(26)9-8-17-7-6-15(2)29-17)20(14)22(28)25-12-10-16(11-13-25)21(23)27/h3-9,16H,10-13H2,1-2H3,(H2,23,27)(H,24,26)/b9-8+. The fourth-order valence-corrected chi connectivity index (χ4v) is 4.24. The maximum Gasteiger partial charge on any atom is 0.256 e. The van der Waals surface area contributed by atoms with Crippen molar-refractivity contribution < 1.29 is 14.4 Å². The first-order valence-corrected chi connectivity index (χ1v) is 10.4. The molecule has 1 fully saturated rings. The van der Waals surface area contributed by atoms with Crippen LogP contribution >= 0.6 is 11.3 Å². The highest BCUT2D eigenvalue weighted by molar-refractivity contribution is 7.12. The molecule has 0 atom stereocenters. The second kappa shape index (κ2) is 9.05. The summed E-state index contributed by atoms with van der Waals surface area (Å²) >= 11 is 1.61. The summed E-state index contributed by atoms with van der Waals surface area (Å²) < 4.78 is 0. The molecule has 0 bridgehead atoms. The number of thiophene rings is 1. The number of piperidine rings is 1. The number of amides is 3. The van der Waals surface area contributed by atoms with Crippen LogP contribution in [0.25, 0.3) is 6.08 Å². The van der Waals surface area contributed by atoms with Crippen molar-refractivity contribution in [2.24, 2.45) is 11.7 Å². The molecule has 0 radical (unpaired) electrons. The summed E-state index contributed by atoms with van der Waals surface area (Å²) in [4.78, 5) is 40.8. The predicted molar refractivity (Wildman–Crippen MR) is 116 cm³/mol. The van der Waals surface area contributed by atoms with Gasteiger partial charge in [0.1, 0.15) is 0 Å². The van der Waals surface area contributed by atoms with Gasteiger partial charge >= 0.3 is 0 Å². The molecule has 0 spiro atoms. The molecule has 0 unspecified atom stereocenters. The Bertz CT molecular complexity index is 956. The van der Waals surface area contributed by atoms with E-state index in [2.05, 4.69) is 5.32 Å². The lowest BCUT2D eigenvalue weighted by Crippen LogP contribution is -2.42. The highest BCUT2D eigenvalue weighted by atomic mass is 32.1. The number of nitrogens with one attached hydrogen (secondary N) is 1. The predicted octanol–water partition coefficient (Wildman–Crippen LogP) is 3.35. The van der Waals surface area contributed by atoms with Crippen molar-refractivity contribution in [3.05, 3.63) is 57.3 Å². The third-order valence-electron chi connectivity index (χ3n) is 5.09. The lowest BCUT2D eigenvalue weighted by atomic mass is 9.95. The maximum atomic E-state index is 13.1. The number of rotatable bonds is 5. The Morgan fingerprint density at radius 3 is 2.48 bits per heavy atom. The Balaban J connectivity index is 1.73. The van der Waals surface area contributed by atoms with Crippen LogP contribution in [0.15, 0.2) is 36.4 Å². The highest BCUT2D eigenvalue weighted by Gasteiger charge is 2.28. The Hall–Kier alpha value is -2.93. The topological polar surface area (TPSA) is 92.5 Å². The number of aryl methyl sites for hydroxylation is 2. The normalized spacial score (nSPS) is 14.9. The van der Waals surface area contributed by atoms with Crippen LogP contribution in [-0.4, -0.2) is 35.7 Å². The average molecular weight is 412 g/mol. The zero-order valence-electron chi connectivity index (χ0n) is 16.6. The first-order chi connectivity index (χ1) is 13.8. The second-order valence-electron chi connectivity index (χ2n) is 7.24. The average Bonchev–Trinajstić information content (AvgIpc) is 3.11. The van der Waals surface area contributed by atoms with Crippen molar-refractivity contribution in [1.82, 2.24) is 4.90 Å². The molecule has 2 heterocycles. The zero-order chi connectivity index (χ0) is 21.0. The lowest BCUT2D eigenvalue weighted by Gasteiger charge is -2.31. The van der Waals surface area contributed by atoms with Gasteiger partial charge in [-0.05, 0) is 56.5 Å². The number of benzene rings is 1. The summed E-state index contributed by atoms with van der Waals surface area (Å²) in [6, 6.07) is 9.36. The van der Waals surface area contributed by atoms with Crippen molar-refractivity contribution >= 4 is 40.8 Å². The summed E-state index contributed by atoms with van der Waals surface area (Å²) in [6.07, 6.45) is 4.37. The van der Waals surface area contributed by atoms with Crippen molar-refractivity contribution in [3.8, 4) is 0 Å². The van der Waals surface area contributed by atoms with Gasteiger partial charge in [-0.15, -0.1) is 11.3 Å². The number of likely N-dealkylation sites (tertiary alicyclic amines) is 1. The molecule has 3 amide bonds. The number of anilines is 1. The largest absolute Gasteiger partial charge is 0.369 e. The number of carbonyl (C=O) groups is 3. The van der Waals surface area contributed by atoms with Gasteiger partial charge in [-0.25, -0.2) is 0 Å². The van der Waals surface area contributed by atoms with Crippen LogP contribution in [0, 0.1) is 19.8 Å². The molecule has 2 aromatic rings. The van der Waals surface area contributed by atoms with Gasteiger partial charge in [0.05, 0.1) is 11.3 Å². The molecule has 7 heteroatoms. The van der Waals surface area contributed by atoms with Crippen LogP contribution in [0.5, 0.6) is 0 Å². The number of hydrogen-bond donors (Lipinski definition) is 2. The van der Waals surface area contributed by atoms with Crippen LogP contribution in [0.2, 0.25) is 0 Å². The molecule has 1 aromatic carbocycles. The molecule has 0 saturated carbocycles. The first kappa shape index (κ1) is 20.8. The number of carbonyl (C=O) groups excluding carboxylic acids is 3. The summed E-state index contributed by atoms with van der Waals surface area (Å²) in [5.41, 5.74) is 7.15. The minimum absolute atomic E-state index is 0.140. The van der Waals surface area contributed by atoms with Gasteiger partial charge < -0.3 is 16.0 Å². The number of nitrogens with zero attached hydrogens (tertiary/aromatic N) is 1. The van der Waals surface area contributed by atoms with Gasteiger partial charge in [0.25, 0.3) is 5.91 Å². The Kier molecular flexibility index (Phi) is 6.49. The quantitative estimate of drug-likeness (QED) is 0.739. The number of hydrogen-bond acceptors (Lipinski definition) is 4. The smallest absolute Gasteiger partial charge is 0.256 e. The number of nitrogens with two attached hydrogens (primary N) is 1. The van der Waals surface area contributed by atoms with Crippen molar-refractivity contribution in [3.63, 3.8) is 0 Å². The molecular formula is C22H25N3O3S. The molecule has 1 aliphatic heterocycles. The van der Waals surface area contributed by atoms with E-state index in [-0.39, 0.29) is 23.6 Å². The Labute approximate surface area is 174 Å². The maximum absolute atomic E-state index is 13.1. The van der Waals surface area contributed by atoms with Gasteiger partial charge in [0.2, 0.25) is 11.8 Å². The highest BCUT2D eigenvalue weighted by Crippen LogP contribution is 2.25. The van der Waals surface area contributed by atoms with Crippen LogP contribution in [0.3, 0.4) is 0 Å². The van der Waals surface area contributed by atoms with Crippen molar-refractivity contribution in [1.29, 1.82) is 0 Å². The summed E-state index contributed by atoms with van der Waals surface area (Å²) in [6.45, 7) is 4.82. The minimum atomic E-state index is -0.311. The molecule has 1 aromatic heterocycles. The molecule has 3 N–H and O–H groups in total. The van der Waals surface area contributed by atoms with E-state index >= 15 is 0 Å². The minimum Gasteiger partial charge on any atom is -0.369 e. The molecular weight excluding hydrogens is 386 g/mol. The van der Waals surface area contributed by atoms with Crippen LogP contribution in [0.1, 0.15) is 38.5 Å². The summed E-state index contributed by atoms with van der Waals surface area (Å²) in [5.74, 6) is -0.919. The van der Waals surface area contributed by atoms with Gasteiger partial charge in [0.15, 0.2) is 0 Å². The van der Waals surface area contributed by atoms with E-state index in [1.807, 2.05) is 38.1 Å². The Morgan fingerprint density at radius 1 is 1.14 bits per heavy atom. The molecule has 3 rings (SSSR count). The van der Waals surface area contributed by atoms with Crippen LogP contribution in [0.4, 0.5) is 5.69 Å². The summed E-state index contributed by atoms with van der Waals surface area (Å²) in [5, 5.41) is 2.83. The first-order valence-electron chi connectivity index (χ1n) is 9.59. The fraction of sp³-hybridized carbons (Fsp3) is 0.318. The SMILES string of the molecule is Cc1ccc(/C=C/C(=O)Nc2cccc(C)c2C(=O)N2CCC(C(N)=O)CC2)s1. The van der Waals surface area contributed by atoms with E-state index in [1.54, 1.807) is 28.4 Å². The molecule has 29 heavy (non-hydrogen) atoms. The van der Waals surface area contributed by atoms with E-state index < -0.39 is 0 Å². The van der Waals surface area contributed by atoms with Crippen LogP contribution < -0.4 is 11.1 Å². The lowest BCUT2D eigenvalue weighted by molar-refractivity contribution is -0.123. The van der Waals surface area contributed by atoms with E-state index in [0.717, 1.165) is 10.4 Å². The van der Waals surface area contributed by atoms with Gasteiger partial charge in [0, 0.05) is 34.8 Å². The zero-order valence-corrected chi connectivity index (χ0v) is 17.4. The Morgan fingerprint density at radius 2 is 1.86 bits per heavy atom. The fourth-order valence-electron chi connectivity index (χ4n) is 3.46. The summed E-state index contributed by atoms with van der Waals surface area (Å²) in [7, 11) is 0. The molecule has 6 nitrogen and oxygen atoms in total. The number of primary amides is 1. The molecule has 1 aliphatic rings. The van der Waals surface area contributed by atoms with E-state index in [0.29, 0.717) is 37.2 Å². The third-order valence-corrected chi connectivity index (χ3v) is 6.06. The van der Waals surface area contributed by atoms with E-state index in [9.17, 15) is 14.4 Å². The van der Waals surface area contributed by atoms with E-state index in [4.69, 9.17) is 5.73 Å². The monoisotopic (exact) mass is 411 g/mol. The molecule has 0 aliphatic carbocycles. The molecule has 1 saturated heterocycles. The van der Waals surface area contributed by atoms with Gasteiger partial charge in [-0.2, -0.15) is 0 Å². The van der Waals surface area contributed by atoms with Crippen LogP contribution in [-0.2, 0) is 9.59 Å². The third kappa shape index (κ3) is 5.12. The molecule has 152 valence electrons. The van der Waals surface area contributed by atoms with Gasteiger partial charge in [-0.1, -0.05) is 12.1 Å². The second-order valence-corrected chi connectivity index (χ2v) is 8.56. The van der Waals surface area contributed by atoms with Crippen molar-refractivity contribution in [2.75, 3.05) is 18.4 Å². The van der Waals surface area contributed by atoms with Crippen molar-refractivity contribution in [2.45, 2.75) is 26.7 Å². The van der Waals surface area contributed by atoms with Gasteiger partial charge in [-0.3, -0.25) is 14.4 Å².